The van der Waals surface area contributed by atoms with E-state index in [-0.39, 0.29) is 30.3 Å². The molecule has 6 heteroatoms. The van der Waals surface area contributed by atoms with Crippen LogP contribution in [0.4, 0.5) is 0 Å². The highest BCUT2D eigenvalue weighted by Crippen LogP contribution is 2.18. The molecule has 1 aliphatic rings. The molecule has 1 aromatic heterocycles. The van der Waals surface area contributed by atoms with E-state index in [9.17, 15) is 9.59 Å². The summed E-state index contributed by atoms with van der Waals surface area (Å²) >= 11 is 0. The second kappa shape index (κ2) is 7.51. The van der Waals surface area contributed by atoms with Gasteiger partial charge in [-0.05, 0) is 18.9 Å². The van der Waals surface area contributed by atoms with Crippen molar-refractivity contribution in [1.82, 2.24) is 20.2 Å². The molecule has 0 fully saturated rings. The summed E-state index contributed by atoms with van der Waals surface area (Å²) in [5.41, 5.74) is 1.95. The minimum atomic E-state index is -0.312. The van der Waals surface area contributed by atoms with Crippen molar-refractivity contribution < 1.29 is 9.59 Å². The lowest BCUT2D eigenvalue weighted by atomic mass is 10.0. The highest BCUT2D eigenvalue weighted by molar-refractivity contribution is 5.79. The summed E-state index contributed by atoms with van der Waals surface area (Å²) in [5.74, 6) is 0.897. The van der Waals surface area contributed by atoms with Crippen LogP contribution < -0.4 is 10.6 Å². The maximum Gasteiger partial charge on any atom is 0.222 e. The van der Waals surface area contributed by atoms with Crippen LogP contribution in [-0.4, -0.2) is 27.4 Å². The lowest BCUT2D eigenvalue weighted by molar-refractivity contribution is -0.123. The van der Waals surface area contributed by atoms with Crippen LogP contribution in [0.1, 0.15) is 42.9 Å². The SMILES string of the molecule is CC(=O)N[C@@H](CC(=O)N[C@@H]1CCc2nc(C)cn2C1)c1ccccc1. The highest BCUT2D eigenvalue weighted by atomic mass is 16.2. The van der Waals surface area contributed by atoms with Crippen molar-refractivity contribution in [2.45, 2.75) is 51.7 Å². The lowest BCUT2D eigenvalue weighted by Gasteiger charge is -2.26. The predicted octanol–water partition coefficient (Wildman–Crippen LogP) is 1.89. The number of rotatable bonds is 5. The van der Waals surface area contributed by atoms with Crippen LogP contribution in [-0.2, 0) is 22.6 Å². The zero-order valence-electron chi connectivity index (χ0n) is 14.7. The number of fused-ring (bicyclic) bond motifs is 1. The van der Waals surface area contributed by atoms with Gasteiger partial charge in [0.25, 0.3) is 0 Å². The monoisotopic (exact) mass is 340 g/mol. The van der Waals surface area contributed by atoms with E-state index < -0.39 is 0 Å². The first-order chi connectivity index (χ1) is 12.0. The van der Waals surface area contributed by atoms with Gasteiger partial charge in [0.1, 0.15) is 5.82 Å². The van der Waals surface area contributed by atoms with E-state index in [0.29, 0.717) is 0 Å². The van der Waals surface area contributed by atoms with Gasteiger partial charge in [0.15, 0.2) is 0 Å². The number of aromatic nitrogens is 2. The number of amides is 2. The first-order valence-corrected chi connectivity index (χ1v) is 8.65. The molecule has 132 valence electrons. The van der Waals surface area contributed by atoms with Gasteiger partial charge in [0.2, 0.25) is 11.8 Å². The van der Waals surface area contributed by atoms with Crippen molar-refractivity contribution in [3.05, 3.63) is 53.6 Å². The first kappa shape index (κ1) is 17.2. The van der Waals surface area contributed by atoms with E-state index in [1.54, 1.807) is 0 Å². The zero-order chi connectivity index (χ0) is 17.8. The van der Waals surface area contributed by atoms with Gasteiger partial charge < -0.3 is 15.2 Å². The van der Waals surface area contributed by atoms with Crippen LogP contribution in [0.3, 0.4) is 0 Å². The molecule has 0 spiro atoms. The predicted molar refractivity (Wildman–Crippen MR) is 94.8 cm³/mol. The van der Waals surface area contributed by atoms with E-state index in [4.69, 9.17) is 0 Å². The van der Waals surface area contributed by atoms with E-state index in [0.717, 1.165) is 36.5 Å². The van der Waals surface area contributed by atoms with Gasteiger partial charge in [-0.3, -0.25) is 9.59 Å². The fourth-order valence-corrected chi connectivity index (χ4v) is 3.36. The zero-order valence-corrected chi connectivity index (χ0v) is 14.7. The molecular formula is C19H24N4O2. The van der Waals surface area contributed by atoms with Gasteiger partial charge in [0, 0.05) is 32.1 Å². The van der Waals surface area contributed by atoms with E-state index >= 15 is 0 Å². The molecule has 0 saturated heterocycles. The molecule has 2 aromatic rings. The third kappa shape index (κ3) is 4.47. The minimum Gasteiger partial charge on any atom is -0.351 e. The minimum absolute atomic E-state index is 0.0482. The molecule has 6 nitrogen and oxygen atoms in total. The van der Waals surface area contributed by atoms with Crippen molar-refractivity contribution in [2.24, 2.45) is 0 Å². The van der Waals surface area contributed by atoms with Gasteiger partial charge in [-0.15, -0.1) is 0 Å². The summed E-state index contributed by atoms with van der Waals surface area (Å²) < 4.78 is 2.12. The van der Waals surface area contributed by atoms with Crippen molar-refractivity contribution >= 4 is 11.8 Å². The molecule has 3 rings (SSSR count). The van der Waals surface area contributed by atoms with Gasteiger partial charge in [-0.1, -0.05) is 30.3 Å². The number of nitrogens with one attached hydrogen (secondary N) is 2. The molecule has 0 saturated carbocycles. The van der Waals surface area contributed by atoms with Crippen molar-refractivity contribution in [3.8, 4) is 0 Å². The molecule has 2 heterocycles. The quantitative estimate of drug-likeness (QED) is 0.873. The van der Waals surface area contributed by atoms with Crippen LogP contribution in [0.2, 0.25) is 0 Å². The van der Waals surface area contributed by atoms with Gasteiger partial charge in [-0.2, -0.15) is 0 Å². The number of hydrogen-bond donors (Lipinski definition) is 2. The fourth-order valence-electron chi connectivity index (χ4n) is 3.36. The van der Waals surface area contributed by atoms with E-state index in [1.165, 1.54) is 6.92 Å². The summed E-state index contributed by atoms with van der Waals surface area (Å²) in [4.78, 5) is 28.5. The van der Waals surface area contributed by atoms with Gasteiger partial charge >= 0.3 is 0 Å². The average Bonchev–Trinajstić information content (AvgIpc) is 2.94. The van der Waals surface area contributed by atoms with E-state index in [1.807, 2.05) is 43.5 Å². The average molecular weight is 340 g/mol. The smallest absolute Gasteiger partial charge is 0.222 e. The number of carbonyl (C=O) groups excluding carboxylic acids is 2. The standard InChI is InChI=1S/C19H24N4O2/c1-13-11-23-12-16(8-9-18(23)20-13)22-19(25)10-17(21-14(2)24)15-6-4-3-5-7-15/h3-7,11,16-17H,8-10,12H2,1-2H3,(H,21,24)(H,22,25)/t16-,17+/m1/s1. The summed E-state index contributed by atoms with van der Waals surface area (Å²) in [7, 11) is 0. The number of nitrogens with zero attached hydrogens (tertiary/aromatic N) is 2. The van der Waals surface area contributed by atoms with Crippen LogP contribution in [0.25, 0.3) is 0 Å². The Bertz CT molecular complexity index is 754. The number of benzene rings is 1. The lowest BCUT2D eigenvalue weighted by Crippen LogP contribution is -2.42. The maximum atomic E-state index is 12.5. The molecule has 2 atom stereocenters. The summed E-state index contributed by atoms with van der Waals surface area (Å²) in [6.45, 7) is 4.20. The largest absolute Gasteiger partial charge is 0.351 e. The Morgan fingerprint density at radius 1 is 1.32 bits per heavy atom. The fraction of sp³-hybridized carbons (Fsp3) is 0.421. The Kier molecular flexibility index (Phi) is 5.16. The highest BCUT2D eigenvalue weighted by Gasteiger charge is 2.23. The molecule has 25 heavy (non-hydrogen) atoms. The molecule has 0 bridgehead atoms. The second-order valence-corrected chi connectivity index (χ2v) is 6.62. The Labute approximate surface area is 147 Å². The van der Waals surface area contributed by atoms with Crippen molar-refractivity contribution in [1.29, 1.82) is 0 Å². The molecule has 2 amide bonds. The molecule has 1 aliphatic heterocycles. The van der Waals surface area contributed by atoms with Gasteiger partial charge in [0.05, 0.1) is 18.2 Å². The molecule has 1 aromatic carbocycles. The van der Waals surface area contributed by atoms with Gasteiger partial charge in [-0.25, -0.2) is 4.98 Å². The molecule has 0 aliphatic carbocycles. The summed E-state index contributed by atoms with van der Waals surface area (Å²) in [5, 5.41) is 5.97. The molecule has 2 N–H and O–H groups in total. The Morgan fingerprint density at radius 3 is 2.80 bits per heavy atom. The summed E-state index contributed by atoms with van der Waals surface area (Å²) in [6.07, 6.45) is 4.01. The third-order valence-electron chi connectivity index (χ3n) is 4.45. The normalized spacial score (nSPS) is 17.4. The molecule has 0 radical (unpaired) electrons. The Hall–Kier alpha value is -2.63. The summed E-state index contributed by atoms with van der Waals surface area (Å²) in [6, 6.07) is 9.37. The second-order valence-electron chi connectivity index (χ2n) is 6.62. The third-order valence-corrected chi connectivity index (χ3v) is 4.45. The number of hydrogen-bond acceptors (Lipinski definition) is 3. The Balaban J connectivity index is 1.61. The van der Waals surface area contributed by atoms with Crippen molar-refractivity contribution in [2.75, 3.05) is 0 Å². The van der Waals surface area contributed by atoms with Crippen LogP contribution in [0.15, 0.2) is 36.5 Å². The van der Waals surface area contributed by atoms with Crippen LogP contribution in [0, 0.1) is 6.92 Å². The molecular weight excluding hydrogens is 316 g/mol. The maximum absolute atomic E-state index is 12.5. The number of carbonyl (C=O) groups is 2. The number of imidazole rings is 1. The number of aryl methyl sites for hydroxylation is 2. The van der Waals surface area contributed by atoms with Crippen molar-refractivity contribution in [3.63, 3.8) is 0 Å². The first-order valence-electron chi connectivity index (χ1n) is 8.65. The van der Waals surface area contributed by atoms with Crippen LogP contribution in [0.5, 0.6) is 0 Å². The van der Waals surface area contributed by atoms with E-state index in [2.05, 4.69) is 20.2 Å². The van der Waals surface area contributed by atoms with Crippen LogP contribution >= 0.6 is 0 Å². The molecule has 0 unspecified atom stereocenters. The topological polar surface area (TPSA) is 76.0 Å². The Morgan fingerprint density at radius 2 is 2.08 bits per heavy atom.